The van der Waals surface area contributed by atoms with Gasteiger partial charge in [0.05, 0.1) is 18.9 Å². The van der Waals surface area contributed by atoms with Crippen LogP contribution in [0.5, 0.6) is 0 Å². The second kappa shape index (κ2) is 9.23. The highest BCUT2D eigenvalue weighted by atomic mass is 16.5. The monoisotopic (exact) mass is 306 g/mol. The Morgan fingerprint density at radius 3 is 2.50 bits per heavy atom. The minimum atomic E-state index is -0.837. The molecule has 1 N–H and O–H groups in total. The molecule has 22 heavy (non-hydrogen) atoms. The molecule has 0 bridgehead atoms. The molecule has 1 rings (SSSR count). The number of ether oxygens (including phenoxy) is 1. The molecule has 4 heteroatoms. The van der Waals surface area contributed by atoms with Crippen LogP contribution in [0.4, 0.5) is 0 Å². The minimum Gasteiger partial charge on any atom is -0.481 e. The summed E-state index contributed by atoms with van der Waals surface area (Å²) in [5.41, 5.74) is 1.48. The molecule has 0 aliphatic rings. The molecule has 122 valence electrons. The maximum atomic E-state index is 11.9. The SMILES string of the molecule is CCCCC(C(=O)O)c1ccccc1CC(=O)OCC(C)C. The molecule has 0 spiro atoms. The van der Waals surface area contributed by atoms with E-state index in [9.17, 15) is 14.7 Å². The summed E-state index contributed by atoms with van der Waals surface area (Å²) in [6.45, 7) is 6.38. The van der Waals surface area contributed by atoms with Crippen LogP contribution in [0, 0.1) is 5.92 Å². The summed E-state index contributed by atoms with van der Waals surface area (Å²) in [4.78, 5) is 23.4. The maximum absolute atomic E-state index is 11.9. The summed E-state index contributed by atoms with van der Waals surface area (Å²) >= 11 is 0. The Kier molecular flexibility index (Phi) is 7.64. The number of aliphatic carboxylic acids is 1. The Labute approximate surface area is 132 Å². The van der Waals surface area contributed by atoms with Gasteiger partial charge >= 0.3 is 11.9 Å². The Balaban J connectivity index is 2.87. The van der Waals surface area contributed by atoms with Crippen molar-refractivity contribution in [2.75, 3.05) is 6.61 Å². The Hall–Kier alpha value is -1.84. The average Bonchev–Trinajstić information content (AvgIpc) is 2.47. The average molecular weight is 306 g/mol. The first-order valence-corrected chi connectivity index (χ1v) is 7.91. The van der Waals surface area contributed by atoms with Gasteiger partial charge in [-0.05, 0) is 23.5 Å². The standard InChI is InChI=1S/C18H26O4/c1-4-5-9-16(18(20)21)15-10-7-6-8-14(15)11-17(19)22-12-13(2)3/h6-8,10,13,16H,4-5,9,11-12H2,1-3H3,(H,20,21). The zero-order valence-electron chi connectivity index (χ0n) is 13.7. The summed E-state index contributed by atoms with van der Waals surface area (Å²) in [7, 11) is 0. The van der Waals surface area contributed by atoms with Crippen LogP contribution in [0.1, 0.15) is 57.1 Å². The number of hydrogen-bond donors (Lipinski definition) is 1. The van der Waals surface area contributed by atoms with Crippen LogP contribution >= 0.6 is 0 Å². The molecule has 0 aliphatic heterocycles. The van der Waals surface area contributed by atoms with Gasteiger partial charge in [0.15, 0.2) is 0 Å². The van der Waals surface area contributed by atoms with Crippen molar-refractivity contribution in [3.05, 3.63) is 35.4 Å². The smallest absolute Gasteiger partial charge is 0.310 e. The van der Waals surface area contributed by atoms with E-state index in [0.717, 1.165) is 24.0 Å². The molecule has 1 aromatic rings. The molecule has 0 aliphatic carbocycles. The number of carbonyl (C=O) groups excluding carboxylic acids is 1. The first-order valence-electron chi connectivity index (χ1n) is 7.91. The number of hydrogen-bond acceptors (Lipinski definition) is 3. The fourth-order valence-electron chi connectivity index (χ4n) is 2.32. The number of rotatable bonds is 9. The molecular weight excluding hydrogens is 280 g/mol. The lowest BCUT2D eigenvalue weighted by atomic mass is 9.89. The number of benzene rings is 1. The van der Waals surface area contributed by atoms with Gasteiger partial charge in [-0.2, -0.15) is 0 Å². The molecule has 1 aromatic carbocycles. The predicted octanol–water partition coefficient (Wildman–Crippen LogP) is 3.79. The van der Waals surface area contributed by atoms with Crippen molar-refractivity contribution < 1.29 is 19.4 Å². The van der Waals surface area contributed by atoms with Gasteiger partial charge in [0.2, 0.25) is 0 Å². The summed E-state index contributed by atoms with van der Waals surface area (Å²) in [5.74, 6) is -1.42. The highest BCUT2D eigenvalue weighted by Crippen LogP contribution is 2.26. The third kappa shape index (κ3) is 5.88. The number of unbranched alkanes of at least 4 members (excludes halogenated alkanes) is 1. The van der Waals surface area contributed by atoms with E-state index in [1.54, 1.807) is 6.07 Å². The molecule has 4 nitrogen and oxygen atoms in total. The van der Waals surface area contributed by atoms with Gasteiger partial charge in [0, 0.05) is 0 Å². The number of carbonyl (C=O) groups is 2. The fraction of sp³-hybridized carbons (Fsp3) is 0.556. The molecule has 0 radical (unpaired) electrons. The second-order valence-corrected chi connectivity index (χ2v) is 5.99. The molecule has 0 heterocycles. The topological polar surface area (TPSA) is 63.6 Å². The van der Waals surface area contributed by atoms with Gasteiger partial charge in [0.25, 0.3) is 0 Å². The zero-order valence-corrected chi connectivity index (χ0v) is 13.7. The van der Waals surface area contributed by atoms with Crippen molar-refractivity contribution >= 4 is 11.9 Å². The van der Waals surface area contributed by atoms with Gasteiger partial charge in [-0.3, -0.25) is 9.59 Å². The lowest BCUT2D eigenvalue weighted by molar-refractivity contribution is -0.144. The van der Waals surface area contributed by atoms with Gasteiger partial charge in [-0.1, -0.05) is 57.9 Å². The Bertz CT molecular complexity index is 494. The highest BCUT2D eigenvalue weighted by Gasteiger charge is 2.22. The first kappa shape index (κ1) is 18.2. The van der Waals surface area contributed by atoms with Crippen molar-refractivity contribution in [1.82, 2.24) is 0 Å². The van der Waals surface area contributed by atoms with E-state index in [1.165, 1.54) is 0 Å². The molecule has 1 unspecified atom stereocenters. The number of carboxylic acid groups (broad SMARTS) is 1. The predicted molar refractivity (Wildman–Crippen MR) is 85.8 cm³/mol. The van der Waals surface area contributed by atoms with E-state index in [4.69, 9.17) is 4.74 Å². The molecular formula is C18H26O4. The summed E-state index contributed by atoms with van der Waals surface area (Å²) in [6, 6.07) is 7.26. The molecule has 0 saturated carbocycles. The summed E-state index contributed by atoms with van der Waals surface area (Å²) < 4.78 is 5.20. The van der Waals surface area contributed by atoms with Crippen LogP contribution in [0.25, 0.3) is 0 Å². The molecule has 1 atom stereocenters. The maximum Gasteiger partial charge on any atom is 0.310 e. The molecule has 0 amide bonds. The van der Waals surface area contributed by atoms with Crippen molar-refractivity contribution in [3.63, 3.8) is 0 Å². The largest absolute Gasteiger partial charge is 0.481 e. The van der Waals surface area contributed by atoms with Crippen molar-refractivity contribution in [1.29, 1.82) is 0 Å². The Morgan fingerprint density at radius 1 is 1.23 bits per heavy atom. The lowest BCUT2D eigenvalue weighted by Crippen LogP contribution is -2.17. The van der Waals surface area contributed by atoms with E-state index in [1.807, 2.05) is 39.0 Å². The molecule has 0 saturated heterocycles. The van der Waals surface area contributed by atoms with Crippen LogP contribution in [0.15, 0.2) is 24.3 Å². The fourth-order valence-corrected chi connectivity index (χ4v) is 2.32. The molecule has 0 fully saturated rings. The van der Waals surface area contributed by atoms with Crippen LogP contribution in [0.3, 0.4) is 0 Å². The van der Waals surface area contributed by atoms with E-state index in [-0.39, 0.29) is 18.3 Å². The van der Waals surface area contributed by atoms with E-state index in [2.05, 4.69) is 0 Å². The normalized spacial score (nSPS) is 12.2. The zero-order chi connectivity index (χ0) is 16.5. The number of esters is 1. The number of carboxylic acids is 1. The summed E-state index contributed by atoms with van der Waals surface area (Å²) in [6.07, 6.45) is 2.51. The first-order chi connectivity index (χ1) is 10.5. The highest BCUT2D eigenvalue weighted by molar-refractivity contribution is 5.78. The van der Waals surface area contributed by atoms with E-state index in [0.29, 0.717) is 13.0 Å². The van der Waals surface area contributed by atoms with E-state index < -0.39 is 11.9 Å². The van der Waals surface area contributed by atoms with Crippen LogP contribution < -0.4 is 0 Å². The minimum absolute atomic E-state index is 0.124. The van der Waals surface area contributed by atoms with Crippen molar-refractivity contribution in [2.45, 2.75) is 52.4 Å². The summed E-state index contributed by atoms with van der Waals surface area (Å²) in [5, 5.41) is 9.47. The van der Waals surface area contributed by atoms with Gasteiger partial charge in [0.1, 0.15) is 0 Å². The van der Waals surface area contributed by atoms with Gasteiger partial charge < -0.3 is 9.84 Å². The van der Waals surface area contributed by atoms with Crippen LogP contribution in [-0.4, -0.2) is 23.7 Å². The van der Waals surface area contributed by atoms with Crippen molar-refractivity contribution in [3.8, 4) is 0 Å². The van der Waals surface area contributed by atoms with Crippen LogP contribution in [-0.2, 0) is 20.7 Å². The van der Waals surface area contributed by atoms with Gasteiger partial charge in [-0.25, -0.2) is 0 Å². The Morgan fingerprint density at radius 2 is 1.91 bits per heavy atom. The van der Waals surface area contributed by atoms with Crippen LogP contribution in [0.2, 0.25) is 0 Å². The lowest BCUT2D eigenvalue weighted by Gasteiger charge is -2.16. The van der Waals surface area contributed by atoms with E-state index >= 15 is 0 Å². The third-order valence-corrected chi connectivity index (χ3v) is 3.49. The van der Waals surface area contributed by atoms with Crippen molar-refractivity contribution in [2.24, 2.45) is 5.92 Å². The molecule has 0 aromatic heterocycles. The van der Waals surface area contributed by atoms with Gasteiger partial charge in [-0.15, -0.1) is 0 Å². The quantitative estimate of drug-likeness (QED) is 0.705. The third-order valence-electron chi connectivity index (χ3n) is 3.49. The second-order valence-electron chi connectivity index (χ2n) is 5.99.